The van der Waals surface area contributed by atoms with Crippen molar-refractivity contribution in [2.45, 2.75) is 59.0 Å². The van der Waals surface area contributed by atoms with Gasteiger partial charge in [-0.3, -0.25) is 14.9 Å². The summed E-state index contributed by atoms with van der Waals surface area (Å²) in [4.78, 5) is 21.7. The molecule has 0 aromatic heterocycles. The van der Waals surface area contributed by atoms with Crippen LogP contribution in [-0.2, 0) is 4.79 Å². The van der Waals surface area contributed by atoms with Crippen molar-refractivity contribution >= 4 is 5.78 Å². The van der Waals surface area contributed by atoms with Gasteiger partial charge in [-0.2, -0.15) is 0 Å². The maximum Gasteiger partial charge on any atom is 0.206 e. The summed E-state index contributed by atoms with van der Waals surface area (Å²) < 4.78 is 0. The molecule has 5 nitrogen and oxygen atoms in total. The normalized spacial score (nSPS) is 11.6. The van der Waals surface area contributed by atoms with Crippen molar-refractivity contribution in [2.24, 2.45) is 0 Å². The molecule has 1 N–H and O–H groups in total. The molecule has 108 valence electrons. The van der Waals surface area contributed by atoms with Crippen LogP contribution in [0.15, 0.2) is 16.9 Å². The number of carbonyl (C=O) groups is 1. The fourth-order valence-corrected chi connectivity index (χ4v) is 1.62. The maximum absolute atomic E-state index is 12.0. The van der Waals surface area contributed by atoms with E-state index in [-0.39, 0.29) is 25.2 Å². The van der Waals surface area contributed by atoms with Crippen molar-refractivity contribution < 1.29 is 14.8 Å². The van der Waals surface area contributed by atoms with E-state index in [0.717, 1.165) is 18.4 Å². The summed E-state index contributed by atoms with van der Waals surface area (Å²) >= 11 is 0. The first kappa shape index (κ1) is 17.6. The second kappa shape index (κ2) is 9.48. The zero-order chi connectivity index (χ0) is 14.8. The van der Waals surface area contributed by atoms with Crippen LogP contribution in [0.1, 0.15) is 52.9 Å². The van der Waals surface area contributed by atoms with E-state index in [4.69, 9.17) is 0 Å². The van der Waals surface area contributed by atoms with Crippen molar-refractivity contribution in [1.29, 1.82) is 0 Å². The Kier molecular flexibility index (Phi) is 8.75. The first-order chi connectivity index (χ1) is 8.86. The zero-order valence-corrected chi connectivity index (χ0v) is 11.9. The highest BCUT2D eigenvalue weighted by Crippen LogP contribution is 2.13. The van der Waals surface area contributed by atoms with Gasteiger partial charge in [-0.15, -0.1) is 5.73 Å². The third-order valence-corrected chi connectivity index (χ3v) is 2.58. The van der Waals surface area contributed by atoms with E-state index in [0.29, 0.717) is 12.0 Å². The van der Waals surface area contributed by atoms with Gasteiger partial charge >= 0.3 is 0 Å². The Balaban J connectivity index is 4.57. The first-order valence-electron chi connectivity index (χ1n) is 6.62. The summed E-state index contributed by atoms with van der Waals surface area (Å²) in [7, 11) is 0. The predicted octanol–water partition coefficient (Wildman–Crippen LogP) is 2.66. The van der Waals surface area contributed by atoms with Crippen LogP contribution in [0.2, 0.25) is 0 Å². The van der Waals surface area contributed by atoms with Crippen molar-refractivity contribution in [1.82, 2.24) is 0 Å². The summed E-state index contributed by atoms with van der Waals surface area (Å²) in [6, 6.07) is 0. The summed E-state index contributed by atoms with van der Waals surface area (Å²) in [5.41, 5.74) is 4.52. The molecule has 0 aliphatic carbocycles. The van der Waals surface area contributed by atoms with E-state index in [9.17, 15) is 20.0 Å². The Hall–Kier alpha value is -1.45. The Morgan fingerprint density at radius 3 is 2.53 bits per heavy atom. The lowest BCUT2D eigenvalue weighted by Crippen LogP contribution is -2.18. The van der Waals surface area contributed by atoms with Gasteiger partial charge in [0.2, 0.25) is 6.54 Å². The van der Waals surface area contributed by atoms with Gasteiger partial charge in [0, 0.05) is 23.3 Å². The summed E-state index contributed by atoms with van der Waals surface area (Å²) in [6.45, 7) is 5.45. The molecule has 0 aromatic rings. The lowest BCUT2D eigenvalue weighted by atomic mass is 9.99. The van der Waals surface area contributed by atoms with E-state index in [2.05, 4.69) is 5.73 Å². The van der Waals surface area contributed by atoms with E-state index in [1.165, 1.54) is 0 Å². The SMILES string of the molecule is CCCCC(=C=C(C)C)C(=O)CC(O)CC[N+](=O)[O-]. The van der Waals surface area contributed by atoms with Gasteiger partial charge in [-0.1, -0.05) is 13.3 Å². The van der Waals surface area contributed by atoms with Crippen LogP contribution < -0.4 is 0 Å². The van der Waals surface area contributed by atoms with Crippen LogP contribution in [0.5, 0.6) is 0 Å². The zero-order valence-electron chi connectivity index (χ0n) is 11.9. The van der Waals surface area contributed by atoms with Crippen molar-refractivity contribution in [3.63, 3.8) is 0 Å². The number of hydrogen-bond acceptors (Lipinski definition) is 4. The smallest absolute Gasteiger partial charge is 0.206 e. The number of nitrogens with zero attached hydrogens (tertiary/aromatic N) is 1. The Morgan fingerprint density at radius 2 is 2.05 bits per heavy atom. The molecular formula is C14H23NO4. The number of ketones is 1. The fourth-order valence-electron chi connectivity index (χ4n) is 1.62. The number of allylic oxidation sites excluding steroid dienone is 1. The molecule has 1 unspecified atom stereocenters. The average Bonchev–Trinajstić information content (AvgIpc) is 2.31. The largest absolute Gasteiger partial charge is 0.392 e. The topological polar surface area (TPSA) is 80.4 Å². The Morgan fingerprint density at radius 1 is 1.42 bits per heavy atom. The fraction of sp³-hybridized carbons (Fsp3) is 0.714. The minimum absolute atomic E-state index is 0.00855. The van der Waals surface area contributed by atoms with E-state index >= 15 is 0 Å². The number of Topliss-reactive ketones (excluding diaryl/α,β-unsaturated/α-hetero) is 1. The molecule has 0 aromatic carbocycles. The van der Waals surface area contributed by atoms with Crippen LogP contribution >= 0.6 is 0 Å². The van der Waals surface area contributed by atoms with E-state index in [1.54, 1.807) is 0 Å². The van der Waals surface area contributed by atoms with Crippen molar-refractivity contribution in [3.8, 4) is 0 Å². The second-order valence-corrected chi connectivity index (χ2v) is 4.83. The van der Waals surface area contributed by atoms with Gasteiger partial charge in [-0.25, -0.2) is 0 Å². The number of nitro groups is 1. The second-order valence-electron chi connectivity index (χ2n) is 4.83. The molecule has 0 saturated heterocycles. The number of carbonyl (C=O) groups excluding carboxylic acids is 1. The highest BCUT2D eigenvalue weighted by Gasteiger charge is 2.16. The standard InChI is InChI=1S/C14H23NO4/c1-4-5-6-12(9-11(2)3)14(17)10-13(16)7-8-15(18)19/h13,16H,4-8,10H2,1-3H3. The van der Waals surface area contributed by atoms with Crippen molar-refractivity contribution in [3.05, 3.63) is 27.0 Å². The van der Waals surface area contributed by atoms with Crippen LogP contribution in [0, 0.1) is 10.1 Å². The molecule has 0 aliphatic rings. The van der Waals surface area contributed by atoms with E-state index in [1.807, 2.05) is 20.8 Å². The van der Waals surface area contributed by atoms with Gasteiger partial charge in [0.25, 0.3) is 0 Å². The molecule has 0 rings (SSSR count). The number of unbranched alkanes of at least 4 members (excludes halogenated alkanes) is 1. The molecule has 1 atom stereocenters. The molecule has 0 bridgehead atoms. The number of aliphatic hydroxyl groups excluding tert-OH is 1. The minimum atomic E-state index is -0.950. The van der Waals surface area contributed by atoms with Gasteiger partial charge < -0.3 is 5.11 Å². The van der Waals surface area contributed by atoms with Gasteiger partial charge in [0.1, 0.15) is 0 Å². The lowest BCUT2D eigenvalue weighted by molar-refractivity contribution is -0.481. The number of aliphatic hydroxyl groups is 1. The van der Waals surface area contributed by atoms with Crippen LogP contribution in [-0.4, -0.2) is 28.5 Å². The molecule has 0 fully saturated rings. The Labute approximate surface area is 114 Å². The number of rotatable bonds is 9. The van der Waals surface area contributed by atoms with Gasteiger partial charge in [-0.05, 0) is 32.3 Å². The third kappa shape index (κ3) is 9.17. The molecule has 0 amide bonds. The van der Waals surface area contributed by atoms with Crippen LogP contribution in [0.25, 0.3) is 0 Å². The molecule has 0 radical (unpaired) electrons. The summed E-state index contributed by atoms with van der Waals surface area (Å²) in [6.07, 6.45) is 1.51. The van der Waals surface area contributed by atoms with Crippen LogP contribution in [0.3, 0.4) is 0 Å². The first-order valence-corrected chi connectivity index (χ1v) is 6.62. The quantitative estimate of drug-likeness (QED) is 0.302. The predicted molar refractivity (Wildman–Crippen MR) is 73.5 cm³/mol. The minimum Gasteiger partial charge on any atom is -0.392 e. The van der Waals surface area contributed by atoms with Crippen molar-refractivity contribution in [2.75, 3.05) is 6.54 Å². The summed E-state index contributed by atoms with van der Waals surface area (Å²) in [5, 5.41) is 19.8. The average molecular weight is 269 g/mol. The molecule has 0 heterocycles. The van der Waals surface area contributed by atoms with Crippen LogP contribution in [0.4, 0.5) is 0 Å². The monoisotopic (exact) mass is 269 g/mol. The summed E-state index contributed by atoms with van der Waals surface area (Å²) in [5.74, 6) is -0.162. The Bertz CT molecular complexity index is 377. The maximum atomic E-state index is 12.0. The van der Waals surface area contributed by atoms with Gasteiger partial charge in [0.05, 0.1) is 6.10 Å². The van der Waals surface area contributed by atoms with Gasteiger partial charge in [0.15, 0.2) is 5.78 Å². The molecule has 0 saturated carbocycles. The molecule has 0 aliphatic heterocycles. The molecule has 19 heavy (non-hydrogen) atoms. The highest BCUT2D eigenvalue weighted by atomic mass is 16.6. The molecular weight excluding hydrogens is 246 g/mol. The van der Waals surface area contributed by atoms with E-state index < -0.39 is 11.0 Å². The third-order valence-electron chi connectivity index (χ3n) is 2.58. The lowest BCUT2D eigenvalue weighted by Gasteiger charge is -2.08. The highest BCUT2D eigenvalue weighted by molar-refractivity contribution is 5.95. The molecule has 5 heteroatoms. The number of hydrogen-bond donors (Lipinski definition) is 1. The molecule has 0 spiro atoms.